The molecule has 2 aromatic heterocycles. The molecule has 0 aliphatic carbocycles. The molecule has 132 valence electrons. The Morgan fingerprint density at radius 2 is 2.12 bits per heavy atom. The highest BCUT2D eigenvalue weighted by atomic mass is 79.9. The van der Waals surface area contributed by atoms with E-state index >= 15 is 0 Å². The molecule has 3 aromatic rings. The first-order chi connectivity index (χ1) is 12.1. The highest BCUT2D eigenvalue weighted by Gasteiger charge is 2.20. The molecule has 0 amide bonds. The summed E-state index contributed by atoms with van der Waals surface area (Å²) in [6.45, 7) is 6.39. The standard InChI is InChI=1S/C18H22BrN5O/c1-12(25)10-23-5-2-6-24(8-7-23)18-16-14-4-3-13(19)9-15(14)22-17(16)20-11-21-18/h3-4,9,11-12,25H,2,5-8,10H2,1H3,(H,20,21,22). The number of β-amino-alcohol motifs (C(OH)–C–C–N with tert-alkyl or cyclic N) is 1. The van der Waals surface area contributed by atoms with Crippen LogP contribution in [0.4, 0.5) is 5.82 Å². The van der Waals surface area contributed by atoms with E-state index in [-0.39, 0.29) is 6.10 Å². The summed E-state index contributed by atoms with van der Waals surface area (Å²) >= 11 is 3.53. The lowest BCUT2D eigenvalue weighted by Crippen LogP contribution is -2.35. The number of hydrogen-bond donors (Lipinski definition) is 2. The first-order valence-corrected chi connectivity index (χ1v) is 9.48. The van der Waals surface area contributed by atoms with Gasteiger partial charge in [0.1, 0.15) is 17.8 Å². The van der Waals surface area contributed by atoms with Crippen LogP contribution >= 0.6 is 15.9 Å². The zero-order valence-electron chi connectivity index (χ0n) is 14.2. The number of rotatable bonds is 3. The van der Waals surface area contributed by atoms with Crippen LogP contribution in [0.5, 0.6) is 0 Å². The molecule has 6 nitrogen and oxygen atoms in total. The van der Waals surface area contributed by atoms with Crippen LogP contribution in [0.1, 0.15) is 13.3 Å². The Balaban J connectivity index is 1.70. The zero-order valence-corrected chi connectivity index (χ0v) is 15.8. The number of hydrogen-bond acceptors (Lipinski definition) is 5. The topological polar surface area (TPSA) is 68.3 Å². The van der Waals surface area contributed by atoms with Crippen molar-refractivity contribution < 1.29 is 5.11 Å². The fraction of sp³-hybridized carbons (Fsp3) is 0.444. The highest BCUT2D eigenvalue weighted by Crippen LogP contribution is 2.32. The molecule has 4 rings (SSSR count). The van der Waals surface area contributed by atoms with Gasteiger partial charge in [0, 0.05) is 41.6 Å². The maximum Gasteiger partial charge on any atom is 0.143 e. The Hall–Kier alpha value is -1.70. The van der Waals surface area contributed by atoms with Crippen molar-refractivity contribution >= 4 is 43.7 Å². The van der Waals surface area contributed by atoms with Crippen LogP contribution in [0.2, 0.25) is 0 Å². The summed E-state index contributed by atoms with van der Waals surface area (Å²) in [5, 5.41) is 11.9. The second kappa shape index (κ2) is 6.90. The summed E-state index contributed by atoms with van der Waals surface area (Å²) in [5.41, 5.74) is 1.94. The molecule has 1 atom stereocenters. The maximum atomic E-state index is 9.65. The summed E-state index contributed by atoms with van der Waals surface area (Å²) in [5.74, 6) is 0.998. The molecule has 0 saturated carbocycles. The van der Waals surface area contributed by atoms with E-state index in [0.717, 1.165) is 71.4 Å². The molecule has 1 aliphatic heterocycles. The van der Waals surface area contributed by atoms with E-state index in [1.54, 1.807) is 6.33 Å². The third kappa shape index (κ3) is 3.36. The van der Waals surface area contributed by atoms with Gasteiger partial charge in [-0.3, -0.25) is 4.90 Å². The first-order valence-electron chi connectivity index (χ1n) is 8.69. The molecule has 1 saturated heterocycles. The van der Waals surface area contributed by atoms with Crippen molar-refractivity contribution in [2.75, 3.05) is 37.6 Å². The second-order valence-corrected chi connectivity index (χ2v) is 7.64. The number of nitrogens with one attached hydrogen (secondary N) is 1. The number of benzene rings is 1. The fourth-order valence-corrected chi connectivity index (χ4v) is 4.02. The summed E-state index contributed by atoms with van der Waals surface area (Å²) in [6, 6.07) is 6.25. The van der Waals surface area contributed by atoms with E-state index in [0.29, 0.717) is 0 Å². The van der Waals surface area contributed by atoms with Gasteiger partial charge in [-0.05, 0) is 32.0 Å². The number of H-pyrrole nitrogens is 1. The molecule has 7 heteroatoms. The van der Waals surface area contributed by atoms with Crippen LogP contribution in [0.25, 0.3) is 21.9 Å². The maximum absolute atomic E-state index is 9.65. The largest absolute Gasteiger partial charge is 0.392 e. The van der Waals surface area contributed by atoms with E-state index in [1.807, 2.05) is 6.92 Å². The molecular weight excluding hydrogens is 382 g/mol. The number of aliphatic hydroxyl groups is 1. The van der Waals surface area contributed by atoms with E-state index in [9.17, 15) is 5.11 Å². The third-order valence-corrected chi connectivity index (χ3v) is 5.24. The van der Waals surface area contributed by atoms with Crippen LogP contribution in [0.3, 0.4) is 0 Å². The number of halogens is 1. The molecule has 1 fully saturated rings. The van der Waals surface area contributed by atoms with Gasteiger partial charge >= 0.3 is 0 Å². The minimum absolute atomic E-state index is 0.288. The molecule has 0 bridgehead atoms. The van der Waals surface area contributed by atoms with Gasteiger partial charge in [0.2, 0.25) is 0 Å². The molecule has 0 spiro atoms. The number of aromatic amines is 1. The minimum Gasteiger partial charge on any atom is -0.392 e. The first kappa shape index (κ1) is 16.8. The molecule has 25 heavy (non-hydrogen) atoms. The van der Waals surface area contributed by atoms with Crippen LogP contribution in [0, 0.1) is 0 Å². The lowest BCUT2D eigenvalue weighted by Gasteiger charge is -2.23. The zero-order chi connectivity index (χ0) is 17.4. The predicted molar refractivity (Wildman–Crippen MR) is 104 cm³/mol. The van der Waals surface area contributed by atoms with E-state index < -0.39 is 0 Å². The molecule has 1 aromatic carbocycles. The Morgan fingerprint density at radius 3 is 2.96 bits per heavy atom. The molecule has 1 unspecified atom stereocenters. The summed E-state index contributed by atoms with van der Waals surface area (Å²) in [7, 11) is 0. The van der Waals surface area contributed by atoms with Crippen LogP contribution in [-0.2, 0) is 0 Å². The van der Waals surface area contributed by atoms with E-state index in [4.69, 9.17) is 0 Å². The average Bonchev–Trinajstić information content (AvgIpc) is 2.78. The van der Waals surface area contributed by atoms with Gasteiger partial charge in [-0.2, -0.15) is 0 Å². The van der Waals surface area contributed by atoms with Gasteiger partial charge < -0.3 is 15.0 Å². The lowest BCUT2D eigenvalue weighted by atomic mass is 10.2. The van der Waals surface area contributed by atoms with Gasteiger partial charge in [0.15, 0.2) is 0 Å². The monoisotopic (exact) mass is 403 g/mol. The van der Waals surface area contributed by atoms with Gasteiger partial charge in [-0.15, -0.1) is 0 Å². The SMILES string of the molecule is CC(O)CN1CCCN(c2ncnc3[nH]c4cc(Br)ccc4c23)CC1. The third-order valence-electron chi connectivity index (χ3n) is 4.74. The Bertz CT molecular complexity index is 894. The van der Waals surface area contributed by atoms with Crippen molar-refractivity contribution in [1.82, 2.24) is 19.9 Å². The molecule has 2 N–H and O–H groups in total. The highest BCUT2D eigenvalue weighted by molar-refractivity contribution is 9.10. The lowest BCUT2D eigenvalue weighted by molar-refractivity contribution is 0.131. The Kier molecular flexibility index (Phi) is 4.62. The molecule has 0 radical (unpaired) electrons. The van der Waals surface area contributed by atoms with Crippen molar-refractivity contribution in [2.24, 2.45) is 0 Å². The van der Waals surface area contributed by atoms with Crippen molar-refractivity contribution in [3.63, 3.8) is 0 Å². The normalized spacial score (nSPS) is 18.0. The van der Waals surface area contributed by atoms with Gasteiger partial charge in [-0.25, -0.2) is 9.97 Å². The predicted octanol–water partition coefficient (Wildman–Crippen LogP) is 2.77. The number of aliphatic hydroxyl groups excluding tert-OH is 1. The average molecular weight is 404 g/mol. The molecular formula is C18H22BrN5O. The van der Waals surface area contributed by atoms with E-state index in [1.165, 1.54) is 0 Å². The molecule has 1 aliphatic rings. The van der Waals surface area contributed by atoms with Crippen molar-refractivity contribution in [3.8, 4) is 0 Å². The molecule has 3 heterocycles. The number of fused-ring (bicyclic) bond motifs is 3. The second-order valence-electron chi connectivity index (χ2n) is 6.73. The number of nitrogens with zero attached hydrogens (tertiary/aromatic N) is 4. The van der Waals surface area contributed by atoms with Crippen molar-refractivity contribution in [1.29, 1.82) is 0 Å². The smallest absolute Gasteiger partial charge is 0.143 e. The minimum atomic E-state index is -0.288. The number of aromatic nitrogens is 3. The fourth-order valence-electron chi connectivity index (χ4n) is 3.66. The van der Waals surface area contributed by atoms with Crippen LogP contribution < -0.4 is 4.90 Å². The van der Waals surface area contributed by atoms with Crippen molar-refractivity contribution in [3.05, 3.63) is 29.0 Å². The van der Waals surface area contributed by atoms with Gasteiger partial charge in [0.05, 0.1) is 11.5 Å². The Labute approximate surface area is 155 Å². The van der Waals surface area contributed by atoms with Crippen molar-refractivity contribution in [2.45, 2.75) is 19.4 Å². The summed E-state index contributed by atoms with van der Waals surface area (Å²) in [4.78, 5) is 17.1. The van der Waals surface area contributed by atoms with Crippen LogP contribution in [-0.4, -0.2) is 63.8 Å². The quantitative estimate of drug-likeness (QED) is 0.703. The Morgan fingerprint density at radius 1 is 1.24 bits per heavy atom. The summed E-state index contributed by atoms with van der Waals surface area (Å²) in [6.07, 6.45) is 2.41. The summed E-state index contributed by atoms with van der Waals surface area (Å²) < 4.78 is 1.05. The van der Waals surface area contributed by atoms with Gasteiger partial charge in [0.25, 0.3) is 0 Å². The van der Waals surface area contributed by atoms with E-state index in [2.05, 4.69) is 58.9 Å². The van der Waals surface area contributed by atoms with Gasteiger partial charge in [-0.1, -0.05) is 22.0 Å². The van der Waals surface area contributed by atoms with Crippen LogP contribution in [0.15, 0.2) is 29.0 Å². The number of anilines is 1.